The topological polar surface area (TPSA) is 107 Å². The minimum absolute atomic E-state index is 0.142. The molecule has 11 heteroatoms. The molecule has 1 saturated heterocycles. The first-order chi connectivity index (χ1) is 16.0. The second-order valence-electron chi connectivity index (χ2n) is 7.74. The van der Waals surface area contributed by atoms with Crippen molar-refractivity contribution in [2.24, 2.45) is 0 Å². The molecule has 0 amide bonds. The molecule has 0 spiro atoms. The predicted octanol–water partition coefficient (Wildman–Crippen LogP) is 4.77. The number of aromatic nitrogens is 4. The van der Waals surface area contributed by atoms with Crippen LogP contribution in [0, 0.1) is 17.0 Å². The van der Waals surface area contributed by atoms with Crippen molar-refractivity contribution in [3.8, 4) is 0 Å². The number of carbonyl (C=O) groups is 1. The van der Waals surface area contributed by atoms with Gasteiger partial charge in [-0.2, -0.15) is 0 Å². The first kappa shape index (κ1) is 21.5. The third-order valence-corrected chi connectivity index (χ3v) is 7.76. The molecule has 0 saturated carbocycles. The number of aryl methyl sites for hydroxylation is 1. The number of nitrogens with zero attached hydrogens (tertiary/aromatic N) is 6. The lowest BCUT2D eigenvalue weighted by atomic mass is 10.1. The number of ketones is 1. The van der Waals surface area contributed by atoms with E-state index in [0.29, 0.717) is 26.3 Å². The summed E-state index contributed by atoms with van der Waals surface area (Å²) in [6, 6.07) is 10.1. The van der Waals surface area contributed by atoms with Gasteiger partial charge in [-0.15, -0.1) is 10.2 Å². The molecule has 0 N–H and O–H groups in total. The van der Waals surface area contributed by atoms with E-state index in [0.717, 1.165) is 42.8 Å². The maximum atomic E-state index is 13.2. The lowest BCUT2D eigenvalue weighted by molar-refractivity contribution is -0.387. The maximum Gasteiger partial charge on any atom is 0.284 e. The molecular weight excluding hydrogens is 460 g/mol. The second-order valence-corrected chi connectivity index (χ2v) is 9.73. The van der Waals surface area contributed by atoms with Crippen LogP contribution < -0.4 is 4.90 Å². The Morgan fingerprint density at radius 3 is 2.76 bits per heavy atom. The number of anilines is 1. The Balaban J connectivity index is 1.45. The number of benzene rings is 1. The minimum atomic E-state index is -0.471. The number of rotatable bonds is 6. The summed E-state index contributed by atoms with van der Waals surface area (Å²) in [5.41, 5.74) is 1.44. The van der Waals surface area contributed by atoms with E-state index in [2.05, 4.69) is 20.1 Å². The fourth-order valence-corrected chi connectivity index (χ4v) is 5.81. The summed E-state index contributed by atoms with van der Waals surface area (Å²) in [6.45, 7) is 3.69. The molecule has 4 heterocycles. The Hall–Kier alpha value is -3.31. The van der Waals surface area contributed by atoms with E-state index in [1.54, 1.807) is 22.7 Å². The highest BCUT2D eigenvalue weighted by Crippen LogP contribution is 2.36. The highest BCUT2D eigenvalue weighted by molar-refractivity contribution is 7.99. The van der Waals surface area contributed by atoms with E-state index in [4.69, 9.17) is 0 Å². The van der Waals surface area contributed by atoms with Crippen LogP contribution in [-0.4, -0.2) is 43.4 Å². The van der Waals surface area contributed by atoms with Crippen LogP contribution in [0.4, 0.5) is 10.8 Å². The number of nitro benzene ring substituents is 1. The molecule has 168 valence electrons. The van der Waals surface area contributed by atoms with Crippen LogP contribution in [0.2, 0.25) is 0 Å². The van der Waals surface area contributed by atoms with Crippen molar-refractivity contribution >= 4 is 45.3 Å². The van der Waals surface area contributed by atoms with Crippen molar-refractivity contribution in [1.29, 1.82) is 0 Å². The van der Waals surface area contributed by atoms with Crippen molar-refractivity contribution in [3.63, 3.8) is 0 Å². The summed E-state index contributed by atoms with van der Waals surface area (Å²) in [7, 11) is 0. The minimum Gasteiger partial charge on any atom is -0.348 e. The van der Waals surface area contributed by atoms with Crippen molar-refractivity contribution in [2.45, 2.75) is 36.2 Å². The number of hydrogen-bond acceptors (Lipinski definition) is 9. The molecule has 9 nitrogen and oxygen atoms in total. The highest BCUT2D eigenvalue weighted by Gasteiger charge is 2.25. The molecule has 1 aromatic carbocycles. The van der Waals surface area contributed by atoms with E-state index in [-0.39, 0.29) is 17.0 Å². The molecule has 1 fully saturated rings. The zero-order valence-electron chi connectivity index (χ0n) is 17.8. The number of piperidine rings is 1. The van der Waals surface area contributed by atoms with Crippen molar-refractivity contribution in [2.75, 3.05) is 18.0 Å². The molecule has 5 rings (SSSR count). The van der Waals surface area contributed by atoms with E-state index in [9.17, 15) is 14.9 Å². The fourth-order valence-electron chi connectivity index (χ4n) is 3.82. The lowest BCUT2D eigenvalue weighted by Crippen LogP contribution is -2.29. The van der Waals surface area contributed by atoms with Gasteiger partial charge in [0.15, 0.2) is 10.8 Å². The maximum absolute atomic E-state index is 13.2. The smallest absolute Gasteiger partial charge is 0.284 e. The van der Waals surface area contributed by atoms with E-state index in [1.165, 1.54) is 23.8 Å². The number of pyridine rings is 1. The van der Waals surface area contributed by atoms with Gasteiger partial charge < -0.3 is 4.90 Å². The van der Waals surface area contributed by atoms with Crippen molar-refractivity contribution < 1.29 is 9.72 Å². The van der Waals surface area contributed by atoms with E-state index < -0.39 is 4.92 Å². The quantitative estimate of drug-likeness (QED) is 0.221. The molecule has 1 aliphatic rings. The van der Waals surface area contributed by atoms with Gasteiger partial charge in [0.2, 0.25) is 10.9 Å². The van der Waals surface area contributed by atoms with Gasteiger partial charge in [0.05, 0.1) is 20.4 Å². The summed E-state index contributed by atoms with van der Waals surface area (Å²) in [6.07, 6.45) is 5.25. The van der Waals surface area contributed by atoms with E-state index >= 15 is 0 Å². The number of hydrogen-bond donors (Lipinski definition) is 0. The first-order valence-electron chi connectivity index (χ1n) is 10.5. The van der Waals surface area contributed by atoms with Crippen LogP contribution in [-0.2, 0) is 0 Å². The molecule has 0 aliphatic carbocycles. The van der Waals surface area contributed by atoms with Gasteiger partial charge >= 0.3 is 0 Å². The molecule has 0 bridgehead atoms. The van der Waals surface area contributed by atoms with Crippen molar-refractivity contribution in [1.82, 2.24) is 19.6 Å². The van der Waals surface area contributed by atoms with Crippen LogP contribution in [0.1, 0.15) is 40.2 Å². The third-order valence-electron chi connectivity index (χ3n) is 5.52. The van der Waals surface area contributed by atoms with Crippen molar-refractivity contribution in [3.05, 3.63) is 68.8 Å². The third kappa shape index (κ3) is 4.21. The second kappa shape index (κ2) is 8.91. The highest BCUT2D eigenvalue weighted by atomic mass is 32.2. The van der Waals surface area contributed by atoms with Crippen LogP contribution in [0.15, 0.2) is 52.6 Å². The largest absolute Gasteiger partial charge is 0.348 e. The van der Waals surface area contributed by atoms with Gasteiger partial charge in [-0.1, -0.05) is 17.4 Å². The fraction of sp³-hybridized carbons (Fsp3) is 0.273. The normalized spacial score (nSPS) is 14.0. The Labute approximate surface area is 197 Å². The lowest BCUT2D eigenvalue weighted by Gasteiger charge is -2.25. The van der Waals surface area contributed by atoms with Gasteiger partial charge in [0, 0.05) is 30.9 Å². The monoisotopic (exact) mass is 480 g/mol. The van der Waals surface area contributed by atoms with Crippen LogP contribution in [0.3, 0.4) is 0 Å². The van der Waals surface area contributed by atoms with E-state index in [1.807, 2.05) is 25.1 Å². The van der Waals surface area contributed by atoms with Gasteiger partial charge in [-0.05, 0) is 62.2 Å². The molecule has 1 aliphatic heterocycles. The standard InChI is InChI=1S/C22H20N6O3S2/c1-14-20(33-21(23-14)26-10-4-2-5-11-26)19(29)15-8-9-17(16(13-15)28(30)31)32-22-25-24-18-7-3-6-12-27(18)22/h3,6-9,12-13H,2,4-5,10-11H2,1H3. The molecule has 4 aromatic rings. The molecule has 33 heavy (non-hydrogen) atoms. The molecule has 0 atom stereocenters. The van der Waals surface area contributed by atoms with Crippen LogP contribution >= 0.6 is 23.1 Å². The predicted molar refractivity (Wildman–Crippen MR) is 127 cm³/mol. The molecular formula is C22H20N6O3S2. The summed E-state index contributed by atoms with van der Waals surface area (Å²) >= 11 is 2.50. The van der Waals surface area contributed by atoms with Gasteiger partial charge in [-0.25, -0.2) is 4.98 Å². The summed E-state index contributed by atoms with van der Waals surface area (Å²) < 4.78 is 1.76. The number of carbonyl (C=O) groups excluding carboxylic acids is 1. The zero-order valence-corrected chi connectivity index (χ0v) is 19.4. The van der Waals surface area contributed by atoms with Crippen LogP contribution in [0.5, 0.6) is 0 Å². The SMILES string of the molecule is Cc1nc(N2CCCCC2)sc1C(=O)c1ccc(Sc2nnc3ccccn23)c([N+](=O)[O-])c1. The molecule has 0 radical (unpaired) electrons. The summed E-state index contributed by atoms with van der Waals surface area (Å²) in [5, 5.41) is 21.4. The number of fused-ring (bicyclic) bond motifs is 1. The number of nitro groups is 1. The Morgan fingerprint density at radius 1 is 1.15 bits per heavy atom. The Kier molecular flexibility index (Phi) is 5.81. The Bertz CT molecular complexity index is 1360. The molecule has 3 aromatic heterocycles. The average molecular weight is 481 g/mol. The van der Waals surface area contributed by atoms with Gasteiger partial charge in [-0.3, -0.25) is 19.3 Å². The average Bonchev–Trinajstić information content (AvgIpc) is 3.43. The zero-order chi connectivity index (χ0) is 22.9. The number of thiazole rings is 1. The molecule has 0 unspecified atom stereocenters. The van der Waals surface area contributed by atoms with Crippen LogP contribution in [0.25, 0.3) is 5.65 Å². The first-order valence-corrected chi connectivity index (χ1v) is 12.2. The summed E-state index contributed by atoms with van der Waals surface area (Å²) in [4.78, 5) is 32.3. The van der Waals surface area contributed by atoms with Gasteiger partial charge in [0.1, 0.15) is 0 Å². The van der Waals surface area contributed by atoms with Gasteiger partial charge in [0.25, 0.3) is 5.69 Å². The summed E-state index contributed by atoms with van der Waals surface area (Å²) in [5.74, 6) is -0.249. The Morgan fingerprint density at radius 2 is 1.97 bits per heavy atom.